The molecule has 0 saturated carbocycles. The highest BCUT2D eigenvalue weighted by Crippen LogP contribution is 2.20. The summed E-state index contributed by atoms with van der Waals surface area (Å²) in [6, 6.07) is 7.67. The Morgan fingerprint density at radius 3 is 2.16 bits per heavy atom. The van der Waals surface area contributed by atoms with Crippen molar-refractivity contribution in [1.82, 2.24) is 0 Å². The molecule has 3 heteroatoms. The molecule has 104 valence electrons. The first-order chi connectivity index (χ1) is 8.93. The monoisotopic (exact) mass is 262 g/mol. The normalized spacial score (nSPS) is 13.8. The van der Waals surface area contributed by atoms with Crippen molar-refractivity contribution in [3.63, 3.8) is 0 Å². The number of carboxylic acids is 1. The maximum Gasteiger partial charge on any atom is 0.303 e. The lowest BCUT2D eigenvalue weighted by Gasteiger charge is -2.11. The van der Waals surface area contributed by atoms with Crippen LogP contribution in [0.5, 0.6) is 0 Å². The van der Waals surface area contributed by atoms with E-state index in [1.807, 2.05) is 24.3 Å². The molecule has 0 fully saturated rings. The van der Waals surface area contributed by atoms with Gasteiger partial charge in [0.25, 0.3) is 0 Å². The van der Waals surface area contributed by atoms with Crippen molar-refractivity contribution in [2.75, 3.05) is 0 Å². The quantitative estimate of drug-likeness (QED) is 0.758. The Kier molecular flexibility index (Phi) is 5.74. The lowest BCUT2D eigenvalue weighted by atomic mass is 9.94. The van der Waals surface area contributed by atoms with Gasteiger partial charge in [0.1, 0.15) is 0 Å². The summed E-state index contributed by atoms with van der Waals surface area (Å²) in [5.74, 6) is -0.466. The molecule has 2 atom stereocenters. The van der Waals surface area contributed by atoms with Crippen molar-refractivity contribution < 1.29 is 14.7 Å². The molecule has 3 nitrogen and oxygen atoms in total. The van der Waals surface area contributed by atoms with E-state index in [1.54, 1.807) is 6.92 Å². The van der Waals surface area contributed by atoms with E-state index in [4.69, 9.17) is 5.11 Å². The first-order valence-electron chi connectivity index (χ1n) is 6.79. The minimum atomic E-state index is -0.854. The molecule has 1 aromatic carbocycles. The molecule has 0 radical (unpaired) electrons. The second-order valence-corrected chi connectivity index (χ2v) is 5.26. The molecule has 19 heavy (non-hydrogen) atoms. The van der Waals surface area contributed by atoms with Crippen molar-refractivity contribution in [2.45, 2.75) is 46.0 Å². The van der Waals surface area contributed by atoms with E-state index in [2.05, 4.69) is 13.8 Å². The highest BCUT2D eigenvalue weighted by atomic mass is 16.4. The van der Waals surface area contributed by atoms with Gasteiger partial charge in [0, 0.05) is 18.4 Å². The third kappa shape index (κ3) is 4.86. The largest absolute Gasteiger partial charge is 0.481 e. The van der Waals surface area contributed by atoms with Gasteiger partial charge in [-0.05, 0) is 23.8 Å². The van der Waals surface area contributed by atoms with Crippen molar-refractivity contribution in [1.29, 1.82) is 0 Å². The Bertz CT molecular complexity index is 434. The molecule has 2 unspecified atom stereocenters. The topological polar surface area (TPSA) is 54.4 Å². The molecule has 0 spiro atoms. The van der Waals surface area contributed by atoms with Crippen LogP contribution in [0, 0.1) is 5.92 Å². The maximum absolute atomic E-state index is 12.0. The summed E-state index contributed by atoms with van der Waals surface area (Å²) in [6.45, 7) is 6.09. The predicted molar refractivity (Wildman–Crippen MR) is 75.5 cm³/mol. The van der Waals surface area contributed by atoms with Crippen LogP contribution in [0.1, 0.15) is 61.9 Å². The van der Waals surface area contributed by atoms with Gasteiger partial charge in [-0.1, -0.05) is 45.0 Å². The fourth-order valence-corrected chi connectivity index (χ4v) is 2.04. The molecule has 0 saturated heterocycles. The lowest BCUT2D eigenvalue weighted by molar-refractivity contribution is -0.137. The number of Topliss-reactive ketones (excluding diaryl/α,β-unsaturated/α-hetero) is 1. The molecule has 0 aliphatic rings. The van der Waals surface area contributed by atoms with Crippen LogP contribution >= 0.6 is 0 Å². The molecule has 0 aromatic heterocycles. The van der Waals surface area contributed by atoms with E-state index in [0.29, 0.717) is 11.5 Å². The zero-order chi connectivity index (χ0) is 14.4. The fraction of sp³-hybridized carbons (Fsp3) is 0.500. The molecule has 1 aromatic rings. The molecule has 1 rings (SSSR count). The van der Waals surface area contributed by atoms with Crippen LogP contribution in [-0.4, -0.2) is 16.9 Å². The Morgan fingerprint density at radius 2 is 1.68 bits per heavy atom. The zero-order valence-electron chi connectivity index (χ0n) is 11.8. The molecule has 0 aliphatic heterocycles. The molecule has 0 aliphatic carbocycles. The molecule has 0 amide bonds. The molecule has 0 bridgehead atoms. The van der Waals surface area contributed by atoms with E-state index in [-0.39, 0.29) is 24.5 Å². The number of carboxylic acid groups (broad SMARTS) is 1. The van der Waals surface area contributed by atoms with Crippen LogP contribution in [0.4, 0.5) is 0 Å². The Morgan fingerprint density at radius 1 is 1.11 bits per heavy atom. The van der Waals surface area contributed by atoms with Gasteiger partial charge >= 0.3 is 5.97 Å². The van der Waals surface area contributed by atoms with Gasteiger partial charge in [-0.3, -0.25) is 9.59 Å². The Hall–Kier alpha value is -1.64. The molecular weight excluding hydrogens is 240 g/mol. The van der Waals surface area contributed by atoms with E-state index >= 15 is 0 Å². The number of benzene rings is 1. The van der Waals surface area contributed by atoms with Crippen LogP contribution < -0.4 is 0 Å². The highest BCUT2D eigenvalue weighted by Gasteiger charge is 2.14. The average Bonchev–Trinajstić information content (AvgIpc) is 2.36. The van der Waals surface area contributed by atoms with E-state index < -0.39 is 5.97 Å². The second kappa shape index (κ2) is 7.07. The number of carbonyl (C=O) groups is 2. The van der Waals surface area contributed by atoms with Crippen LogP contribution in [0.25, 0.3) is 0 Å². The molecular formula is C16H22O3. The average molecular weight is 262 g/mol. The van der Waals surface area contributed by atoms with Crippen LogP contribution in [0.3, 0.4) is 0 Å². The second-order valence-electron chi connectivity index (χ2n) is 5.26. The first kappa shape index (κ1) is 15.4. The summed E-state index contributed by atoms with van der Waals surface area (Å²) in [5.41, 5.74) is 1.90. The molecule has 1 N–H and O–H groups in total. The minimum Gasteiger partial charge on any atom is -0.481 e. The summed E-state index contributed by atoms with van der Waals surface area (Å²) in [7, 11) is 0. The van der Waals surface area contributed by atoms with Gasteiger partial charge in [-0.2, -0.15) is 0 Å². The predicted octanol–water partition coefficient (Wildman–Crippen LogP) is 3.88. The lowest BCUT2D eigenvalue weighted by Crippen LogP contribution is -2.10. The van der Waals surface area contributed by atoms with Crippen molar-refractivity contribution in [3.8, 4) is 0 Å². The minimum absolute atomic E-state index is 0.0180. The van der Waals surface area contributed by atoms with Gasteiger partial charge in [-0.15, -0.1) is 0 Å². The van der Waals surface area contributed by atoms with Crippen molar-refractivity contribution in [3.05, 3.63) is 35.4 Å². The van der Waals surface area contributed by atoms with Gasteiger partial charge in [0.15, 0.2) is 5.78 Å². The SMILES string of the molecule is CCC(C)c1ccc(C(=O)CC(C)CC(=O)O)cc1. The van der Waals surface area contributed by atoms with E-state index in [0.717, 1.165) is 6.42 Å². The number of hydrogen-bond acceptors (Lipinski definition) is 2. The van der Waals surface area contributed by atoms with Crippen molar-refractivity contribution >= 4 is 11.8 Å². The number of rotatable bonds is 7. The zero-order valence-corrected chi connectivity index (χ0v) is 11.8. The highest BCUT2D eigenvalue weighted by molar-refractivity contribution is 5.96. The summed E-state index contributed by atoms with van der Waals surface area (Å²) >= 11 is 0. The van der Waals surface area contributed by atoms with Gasteiger partial charge < -0.3 is 5.11 Å². The van der Waals surface area contributed by atoms with Gasteiger partial charge in [0.2, 0.25) is 0 Å². The van der Waals surface area contributed by atoms with Crippen molar-refractivity contribution in [2.24, 2.45) is 5.92 Å². The Labute approximate surface area is 114 Å². The summed E-state index contributed by atoms with van der Waals surface area (Å²) in [5, 5.41) is 8.68. The number of carbonyl (C=O) groups excluding carboxylic acids is 1. The van der Waals surface area contributed by atoms with Crippen LogP contribution in [-0.2, 0) is 4.79 Å². The van der Waals surface area contributed by atoms with E-state index in [9.17, 15) is 9.59 Å². The summed E-state index contributed by atoms with van der Waals surface area (Å²) in [4.78, 5) is 22.6. The number of hydrogen-bond donors (Lipinski definition) is 1. The number of ketones is 1. The number of aliphatic carboxylic acids is 1. The maximum atomic E-state index is 12.0. The summed E-state index contributed by atoms with van der Waals surface area (Å²) in [6.07, 6.45) is 1.40. The third-order valence-electron chi connectivity index (χ3n) is 3.47. The van der Waals surface area contributed by atoms with Gasteiger partial charge in [0.05, 0.1) is 0 Å². The van der Waals surface area contributed by atoms with Gasteiger partial charge in [-0.25, -0.2) is 0 Å². The van der Waals surface area contributed by atoms with E-state index in [1.165, 1.54) is 5.56 Å². The Balaban J connectivity index is 2.65. The van der Waals surface area contributed by atoms with Crippen LogP contribution in [0.2, 0.25) is 0 Å². The fourth-order valence-electron chi connectivity index (χ4n) is 2.04. The smallest absolute Gasteiger partial charge is 0.303 e. The third-order valence-corrected chi connectivity index (χ3v) is 3.47. The standard InChI is InChI=1S/C16H22O3/c1-4-12(3)13-5-7-14(8-6-13)15(17)9-11(2)10-16(18)19/h5-8,11-12H,4,9-10H2,1-3H3,(H,18,19). The summed E-state index contributed by atoms with van der Waals surface area (Å²) < 4.78 is 0. The first-order valence-corrected chi connectivity index (χ1v) is 6.79. The van der Waals surface area contributed by atoms with Crippen LogP contribution in [0.15, 0.2) is 24.3 Å². The molecule has 0 heterocycles.